The number of para-hydroxylation sites is 1. The minimum atomic E-state index is -0.0877. The Morgan fingerprint density at radius 1 is 1.19 bits per heavy atom. The number of aromatic nitrogens is 2. The van der Waals surface area contributed by atoms with Crippen LogP contribution in [0.25, 0.3) is 5.69 Å². The molecule has 26 heavy (non-hydrogen) atoms. The van der Waals surface area contributed by atoms with Gasteiger partial charge in [-0.1, -0.05) is 18.2 Å². The largest absolute Gasteiger partial charge is 0.349 e. The highest BCUT2D eigenvalue weighted by Gasteiger charge is 2.24. The Labute approximate surface area is 160 Å². The Morgan fingerprint density at radius 2 is 1.81 bits per heavy atom. The lowest BCUT2D eigenvalue weighted by molar-refractivity contribution is 0.193. The van der Waals surface area contributed by atoms with E-state index in [1.807, 2.05) is 56.0 Å². The number of nitrogens with one attached hydrogen (secondary N) is 1. The molecule has 1 N–H and O–H groups in total. The standard InChI is InChI=1S/C19H27N5OS/c1-14-17(18(25)24(23(14)4)16-8-6-5-7-9-16)20-19(26)22(3)15-10-12-21(2)13-11-15/h5-9,15H,10-13H2,1-4H3,(H,20,26). The Balaban J connectivity index is 1.82. The van der Waals surface area contributed by atoms with Crippen molar-refractivity contribution < 1.29 is 0 Å². The van der Waals surface area contributed by atoms with Crippen LogP contribution in [0.4, 0.5) is 5.69 Å². The molecule has 0 radical (unpaired) electrons. The average Bonchev–Trinajstić information content (AvgIpc) is 2.86. The molecule has 0 saturated carbocycles. The van der Waals surface area contributed by atoms with Crippen molar-refractivity contribution in [2.75, 3.05) is 32.5 Å². The molecular weight excluding hydrogens is 346 g/mol. The van der Waals surface area contributed by atoms with Crippen molar-refractivity contribution in [3.05, 3.63) is 46.4 Å². The maximum Gasteiger partial charge on any atom is 0.295 e. The zero-order valence-corrected chi connectivity index (χ0v) is 16.7. The van der Waals surface area contributed by atoms with E-state index in [4.69, 9.17) is 12.2 Å². The van der Waals surface area contributed by atoms with Gasteiger partial charge in [-0.05, 0) is 64.3 Å². The van der Waals surface area contributed by atoms with E-state index in [0.29, 0.717) is 16.8 Å². The third kappa shape index (κ3) is 3.54. The second-order valence-corrected chi connectivity index (χ2v) is 7.40. The van der Waals surface area contributed by atoms with Crippen molar-refractivity contribution in [3.8, 4) is 5.69 Å². The van der Waals surface area contributed by atoms with E-state index in [1.165, 1.54) is 0 Å². The van der Waals surface area contributed by atoms with Crippen molar-refractivity contribution in [3.63, 3.8) is 0 Å². The summed E-state index contributed by atoms with van der Waals surface area (Å²) in [7, 11) is 6.05. The van der Waals surface area contributed by atoms with Crippen LogP contribution in [-0.4, -0.2) is 57.5 Å². The van der Waals surface area contributed by atoms with Gasteiger partial charge in [0.1, 0.15) is 5.69 Å². The molecule has 0 spiro atoms. The van der Waals surface area contributed by atoms with E-state index in [1.54, 1.807) is 4.68 Å². The van der Waals surface area contributed by atoms with Crippen molar-refractivity contribution in [1.29, 1.82) is 0 Å². The first-order valence-electron chi connectivity index (χ1n) is 8.96. The molecule has 1 aliphatic heterocycles. The second kappa shape index (κ2) is 7.63. The summed E-state index contributed by atoms with van der Waals surface area (Å²) in [5.41, 5.74) is 2.15. The quantitative estimate of drug-likeness (QED) is 0.836. The number of likely N-dealkylation sites (tertiary alicyclic amines) is 1. The van der Waals surface area contributed by atoms with Crippen LogP contribution in [-0.2, 0) is 7.05 Å². The van der Waals surface area contributed by atoms with Gasteiger partial charge in [0.2, 0.25) is 0 Å². The van der Waals surface area contributed by atoms with Gasteiger partial charge in [0.15, 0.2) is 5.11 Å². The Bertz CT molecular complexity index is 834. The number of hydrogen-bond acceptors (Lipinski definition) is 3. The molecule has 0 bridgehead atoms. The SMILES string of the molecule is Cc1c(NC(=S)N(C)C2CCN(C)CC2)c(=O)n(-c2ccccc2)n1C. The van der Waals surface area contributed by atoms with Crippen LogP contribution in [0.2, 0.25) is 0 Å². The number of rotatable bonds is 3. The van der Waals surface area contributed by atoms with E-state index in [-0.39, 0.29) is 5.56 Å². The van der Waals surface area contributed by atoms with Gasteiger partial charge in [-0.2, -0.15) is 0 Å². The maximum atomic E-state index is 13.0. The first-order valence-corrected chi connectivity index (χ1v) is 9.37. The first kappa shape index (κ1) is 18.7. The first-order chi connectivity index (χ1) is 12.4. The lowest BCUT2D eigenvalue weighted by Gasteiger charge is -2.36. The van der Waals surface area contributed by atoms with Gasteiger partial charge < -0.3 is 15.1 Å². The molecule has 0 aliphatic carbocycles. The van der Waals surface area contributed by atoms with E-state index < -0.39 is 0 Å². The van der Waals surface area contributed by atoms with Gasteiger partial charge in [0.05, 0.1) is 11.4 Å². The van der Waals surface area contributed by atoms with Crippen LogP contribution >= 0.6 is 12.2 Å². The van der Waals surface area contributed by atoms with E-state index in [9.17, 15) is 4.79 Å². The van der Waals surface area contributed by atoms with E-state index >= 15 is 0 Å². The molecule has 1 aliphatic rings. The molecule has 3 rings (SSSR count). The number of piperidine rings is 1. The zero-order valence-electron chi connectivity index (χ0n) is 15.9. The molecule has 140 valence electrons. The monoisotopic (exact) mass is 373 g/mol. The highest BCUT2D eigenvalue weighted by Crippen LogP contribution is 2.18. The Morgan fingerprint density at radius 3 is 2.42 bits per heavy atom. The van der Waals surface area contributed by atoms with Crippen molar-refractivity contribution in [1.82, 2.24) is 19.2 Å². The smallest absolute Gasteiger partial charge is 0.295 e. The van der Waals surface area contributed by atoms with Crippen LogP contribution in [0.1, 0.15) is 18.5 Å². The van der Waals surface area contributed by atoms with E-state index in [2.05, 4.69) is 22.2 Å². The minimum Gasteiger partial charge on any atom is -0.349 e. The zero-order chi connectivity index (χ0) is 18.8. The lowest BCUT2D eigenvalue weighted by atomic mass is 10.0. The third-order valence-electron chi connectivity index (χ3n) is 5.34. The topological polar surface area (TPSA) is 45.4 Å². The molecule has 0 unspecified atom stereocenters. The number of hydrogen-bond donors (Lipinski definition) is 1. The molecule has 1 aromatic carbocycles. The normalized spacial score (nSPS) is 15.8. The molecule has 2 aromatic rings. The fraction of sp³-hybridized carbons (Fsp3) is 0.474. The molecule has 1 fully saturated rings. The summed E-state index contributed by atoms with van der Waals surface area (Å²) >= 11 is 5.60. The molecule has 0 amide bonds. The fourth-order valence-corrected chi connectivity index (χ4v) is 3.71. The Kier molecular flexibility index (Phi) is 5.48. The molecule has 1 saturated heterocycles. The molecular formula is C19H27N5OS. The van der Waals surface area contributed by atoms with Crippen LogP contribution in [0.15, 0.2) is 35.1 Å². The number of thiocarbonyl (C=S) groups is 1. The highest BCUT2D eigenvalue weighted by atomic mass is 32.1. The number of anilines is 1. The molecule has 2 heterocycles. The second-order valence-electron chi connectivity index (χ2n) is 7.01. The van der Waals surface area contributed by atoms with Crippen molar-refractivity contribution in [2.45, 2.75) is 25.8 Å². The van der Waals surface area contributed by atoms with Gasteiger partial charge >= 0.3 is 0 Å². The highest BCUT2D eigenvalue weighted by molar-refractivity contribution is 7.80. The summed E-state index contributed by atoms with van der Waals surface area (Å²) in [5.74, 6) is 0. The molecule has 1 aromatic heterocycles. The summed E-state index contributed by atoms with van der Waals surface area (Å²) in [6.45, 7) is 4.08. The van der Waals surface area contributed by atoms with Crippen LogP contribution < -0.4 is 10.9 Å². The number of nitrogens with zero attached hydrogens (tertiary/aromatic N) is 4. The summed E-state index contributed by atoms with van der Waals surface area (Å²) in [6.07, 6.45) is 2.16. The molecule has 7 heteroatoms. The minimum absolute atomic E-state index is 0.0877. The predicted octanol–water partition coefficient (Wildman–Crippen LogP) is 2.21. The van der Waals surface area contributed by atoms with E-state index in [0.717, 1.165) is 37.3 Å². The summed E-state index contributed by atoms with van der Waals surface area (Å²) < 4.78 is 3.52. The van der Waals surface area contributed by atoms with Crippen LogP contribution in [0.5, 0.6) is 0 Å². The maximum absolute atomic E-state index is 13.0. The summed E-state index contributed by atoms with van der Waals surface area (Å²) in [4.78, 5) is 17.4. The summed E-state index contributed by atoms with van der Waals surface area (Å²) in [5, 5.41) is 3.81. The predicted molar refractivity (Wildman–Crippen MR) is 110 cm³/mol. The number of benzene rings is 1. The summed E-state index contributed by atoms with van der Waals surface area (Å²) in [6, 6.07) is 10.0. The third-order valence-corrected chi connectivity index (χ3v) is 5.73. The van der Waals surface area contributed by atoms with Crippen LogP contribution in [0, 0.1) is 6.92 Å². The van der Waals surface area contributed by atoms with Gasteiger partial charge in [-0.15, -0.1) is 0 Å². The van der Waals surface area contributed by atoms with Crippen LogP contribution in [0.3, 0.4) is 0 Å². The lowest BCUT2D eigenvalue weighted by Crippen LogP contribution is -2.46. The van der Waals surface area contributed by atoms with Crippen molar-refractivity contribution in [2.24, 2.45) is 7.05 Å². The van der Waals surface area contributed by atoms with Gasteiger partial charge in [-0.25, -0.2) is 4.68 Å². The molecule has 0 atom stereocenters. The van der Waals surface area contributed by atoms with Gasteiger partial charge in [0, 0.05) is 20.1 Å². The van der Waals surface area contributed by atoms with Gasteiger partial charge in [-0.3, -0.25) is 9.48 Å². The fourth-order valence-electron chi connectivity index (χ4n) is 3.46. The molecule has 6 nitrogen and oxygen atoms in total. The Hall–Kier alpha value is -2.12. The van der Waals surface area contributed by atoms with Crippen molar-refractivity contribution >= 4 is 23.0 Å². The van der Waals surface area contributed by atoms with Gasteiger partial charge in [0.25, 0.3) is 5.56 Å². The average molecular weight is 374 g/mol.